The van der Waals surface area contributed by atoms with E-state index in [-0.39, 0.29) is 0 Å². The average molecular weight is 245 g/mol. The number of hydrogen-bond donors (Lipinski definition) is 0. The molecule has 0 spiro atoms. The third-order valence-corrected chi connectivity index (χ3v) is 3.16. The van der Waals surface area contributed by atoms with Crippen LogP contribution in [0.2, 0.25) is 0 Å². The minimum Gasteiger partial charge on any atom is -0.446 e. The van der Waals surface area contributed by atoms with Crippen molar-refractivity contribution in [2.75, 3.05) is 0 Å². The smallest absolute Gasteiger partial charge is 0.226 e. The zero-order valence-electron chi connectivity index (χ0n) is 10.00. The quantitative estimate of drug-likeness (QED) is 0.511. The molecule has 3 aromatic heterocycles. The summed E-state index contributed by atoms with van der Waals surface area (Å²) >= 11 is 0. The SMILES string of the molecule is [c]1cccc2nc(-c3ccnc4occc34)ccc12. The van der Waals surface area contributed by atoms with Crippen molar-refractivity contribution in [2.45, 2.75) is 0 Å². The molecule has 89 valence electrons. The minimum absolute atomic E-state index is 0.638. The Kier molecular flexibility index (Phi) is 2.12. The maximum absolute atomic E-state index is 5.32. The van der Waals surface area contributed by atoms with Gasteiger partial charge >= 0.3 is 0 Å². The van der Waals surface area contributed by atoms with Gasteiger partial charge < -0.3 is 4.42 Å². The molecule has 0 aliphatic heterocycles. The number of aromatic nitrogens is 2. The molecule has 0 saturated carbocycles. The second-order valence-electron chi connectivity index (χ2n) is 4.30. The molecule has 0 aliphatic rings. The lowest BCUT2D eigenvalue weighted by molar-refractivity contribution is 0.603. The summed E-state index contributed by atoms with van der Waals surface area (Å²) in [6.45, 7) is 0. The highest BCUT2D eigenvalue weighted by Gasteiger charge is 2.08. The highest BCUT2D eigenvalue weighted by atomic mass is 16.3. The summed E-state index contributed by atoms with van der Waals surface area (Å²) in [5.74, 6) is 0. The number of furan rings is 1. The van der Waals surface area contributed by atoms with Crippen LogP contribution < -0.4 is 0 Å². The first-order valence-corrected chi connectivity index (χ1v) is 6.02. The first kappa shape index (κ1) is 10.3. The molecule has 4 aromatic rings. The van der Waals surface area contributed by atoms with Gasteiger partial charge in [0.2, 0.25) is 5.71 Å². The Hall–Kier alpha value is -2.68. The normalized spacial score (nSPS) is 11.2. The molecular formula is C16H9N2O. The number of fused-ring (bicyclic) bond motifs is 2. The second kappa shape index (κ2) is 3.92. The van der Waals surface area contributed by atoms with Gasteiger partial charge in [0, 0.05) is 22.5 Å². The van der Waals surface area contributed by atoms with Crippen LogP contribution in [-0.2, 0) is 0 Å². The molecule has 0 amide bonds. The molecule has 0 unspecified atom stereocenters. The Bertz CT molecular complexity index is 880. The van der Waals surface area contributed by atoms with Gasteiger partial charge in [-0.25, -0.2) is 9.97 Å². The van der Waals surface area contributed by atoms with Crippen molar-refractivity contribution >= 4 is 22.0 Å². The fourth-order valence-electron chi connectivity index (χ4n) is 2.25. The van der Waals surface area contributed by atoms with Crippen molar-refractivity contribution in [3.05, 3.63) is 61.0 Å². The third kappa shape index (κ3) is 1.59. The van der Waals surface area contributed by atoms with Gasteiger partial charge in [-0.15, -0.1) is 0 Å². The van der Waals surface area contributed by atoms with Crippen molar-refractivity contribution < 1.29 is 4.42 Å². The Morgan fingerprint density at radius 2 is 2.05 bits per heavy atom. The highest BCUT2D eigenvalue weighted by molar-refractivity contribution is 5.92. The molecule has 0 bridgehead atoms. The molecule has 1 aromatic carbocycles. The molecule has 3 nitrogen and oxygen atoms in total. The van der Waals surface area contributed by atoms with Crippen LogP contribution in [0.4, 0.5) is 0 Å². The van der Waals surface area contributed by atoms with Gasteiger partial charge in [-0.1, -0.05) is 18.2 Å². The van der Waals surface area contributed by atoms with Gasteiger partial charge in [-0.3, -0.25) is 0 Å². The van der Waals surface area contributed by atoms with Crippen LogP contribution in [-0.4, -0.2) is 9.97 Å². The zero-order valence-corrected chi connectivity index (χ0v) is 10.00. The van der Waals surface area contributed by atoms with Crippen LogP contribution in [0.3, 0.4) is 0 Å². The van der Waals surface area contributed by atoms with E-state index < -0.39 is 0 Å². The lowest BCUT2D eigenvalue weighted by Crippen LogP contribution is -1.86. The van der Waals surface area contributed by atoms with Gasteiger partial charge in [-0.2, -0.15) is 0 Å². The molecule has 19 heavy (non-hydrogen) atoms. The summed E-state index contributed by atoms with van der Waals surface area (Å²) in [6, 6.07) is 16.9. The maximum Gasteiger partial charge on any atom is 0.226 e. The summed E-state index contributed by atoms with van der Waals surface area (Å²) in [7, 11) is 0. The van der Waals surface area contributed by atoms with E-state index >= 15 is 0 Å². The fourth-order valence-corrected chi connectivity index (χ4v) is 2.25. The van der Waals surface area contributed by atoms with Crippen LogP contribution in [0.5, 0.6) is 0 Å². The van der Waals surface area contributed by atoms with Crippen molar-refractivity contribution in [3.63, 3.8) is 0 Å². The summed E-state index contributed by atoms with van der Waals surface area (Å²) < 4.78 is 5.32. The molecule has 0 saturated heterocycles. The molecule has 0 aliphatic carbocycles. The number of nitrogens with zero attached hydrogens (tertiary/aromatic N) is 2. The maximum atomic E-state index is 5.32. The topological polar surface area (TPSA) is 38.9 Å². The second-order valence-corrected chi connectivity index (χ2v) is 4.30. The lowest BCUT2D eigenvalue weighted by atomic mass is 10.1. The van der Waals surface area contributed by atoms with E-state index in [1.807, 2.05) is 42.5 Å². The third-order valence-electron chi connectivity index (χ3n) is 3.16. The van der Waals surface area contributed by atoms with Gasteiger partial charge in [0.05, 0.1) is 17.5 Å². The van der Waals surface area contributed by atoms with Crippen molar-refractivity contribution in [1.82, 2.24) is 9.97 Å². The van der Waals surface area contributed by atoms with Gasteiger partial charge in [0.25, 0.3) is 0 Å². The number of benzene rings is 1. The highest BCUT2D eigenvalue weighted by Crippen LogP contribution is 2.27. The number of pyridine rings is 2. The number of rotatable bonds is 1. The van der Waals surface area contributed by atoms with E-state index in [1.54, 1.807) is 12.5 Å². The first-order chi connectivity index (χ1) is 9.42. The molecule has 3 heterocycles. The molecule has 0 atom stereocenters. The minimum atomic E-state index is 0.638. The van der Waals surface area contributed by atoms with Crippen LogP contribution in [0.25, 0.3) is 33.3 Å². The Morgan fingerprint density at radius 3 is 3.05 bits per heavy atom. The number of hydrogen-bond acceptors (Lipinski definition) is 3. The molecular weight excluding hydrogens is 236 g/mol. The molecule has 4 rings (SSSR count). The van der Waals surface area contributed by atoms with E-state index in [4.69, 9.17) is 4.42 Å². The van der Waals surface area contributed by atoms with E-state index in [0.717, 1.165) is 27.5 Å². The monoisotopic (exact) mass is 245 g/mol. The average Bonchev–Trinajstić information content (AvgIpc) is 2.95. The predicted molar refractivity (Wildman–Crippen MR) is 73.6 cm³/mol. The van der Waals surface area contributed by atoms with E-state index in [1.165, 1.54) is 0 Å². The van der Waals surface area contributed by atoms with Crippen LogP contribution in [0.1, 0.15) is 0 Å². The largest absolute Gasteiger partial charge is 0.446 e. The van der Waals surface area contributed by atoms with Crippen LogP contribution in [0, 0.1) is 6.07 Å². The molecule has 1 radical (unpaired) electrons. The van der Waals surface area contributed by atoms with E-state index in [0.29, 0.717) is 5.71 Å². The lowest BCUT2D eigenvalue weighted by Gasteiger charge is -2.03. The van der Waals surface area contributed by atoms with E-state index in [2.05, 4.69) is 16.0 Å². The van der Waals surface area contributed by atoms with Crippen LogP contribution in [0.15, 0.2) is 59.3 Å². The van der Waals surface area contributed by atoms with Crippen molar-refractivity contribution in [1.29, 1.82) is 0 Å². The fraction of sp³-hybridized carbons (Fsp3) is 0. The Labute approximate surface area is 109 Å². The van der Waals surface area contributed by atoms with Gasteiger partial charge in [0.1, 0.15) is 0 Å². The summed E-state index contributed by atoms with van der Waals surface area (Å²) in [5, 5.41) is 2.00. The standard InChI is InChI=1S/C16H9N2O/c1-2-4-14-11(3-1)5-6-15(18-14)12-7-9-17-16-13(12)8-10-19-16/h1-2,4-10H. The van der Waals surface area contributed by atoms with Crippen molar-refractivity contribution in [3.8, 4) is 11.3 Å². The molecule has 0 fully saturated rings. The summed E-state index contributed by atoms with van der Waals surface area (Å²) in [5.41, 5.74) is 3.53. The Balaban J connectivity index is 2.01. The van der Waals surface area contributed by atoms with E-state index in [9.17, 15) is 0 Å². The van der Waals surface area contributed by atoms with Crippen molar-refractivity contribution in [2.24, 2.45) is 0 Å². The molecule has 0 N–H and O–H groups in total. The summed E-state index contributed by atoms with van der Waals surface area (Å²) in [6.07, 6.45) is 3.39. The van der Waals surface area contributed by atoms with Gasteiger partial charge in [-0.05, 0) is 30.3 Å². The molecule has 3 heteroatoms. The van der Waals surface area contributed by atoms with Gasteiger partial charge in [0.15, 0.2) is 0 Å². The zero-order chi connectivity index (χ0) is 12.7. The van der Waals surface area contributed by atoms with Crippen LogP contribution >= 0.6 is 0 Å². The summed E-state index contributed by atoms with van der Waals surface area (Å²) in [4.78, 5) is 8.86. The first-order valence-electron chi connectivity index (χ1n) is 6.02. The Morgan fingerprint density at radius 1 is 1.05 bits per heavy atom. The predicted octanol–water partition coefficient (Wildman–Crippen LogP) is 3.84.